The van der Waals surface area contributed by atoms with Crippen LogP contribution in [0, 0.1) is 0 Å². The molecule has 7 nitrogen and oxygen atoms in total. The maximum Gasteiger partial charge on any atom is 0.258 e. The highest BCUT2D eigenvalue weighted by Gasteiger charge is 2.17. The summed E-state index contributed by atoms with van der Waals surface area (Å²) in [4.78, 5) is 18.6. The number of carbonyl (C=O) groups excluding carboxylic acids is 1. The van der Waals surface area contributed by atoms with Gasteiger partial charge in [-0.15, -0.1) is 16.4 Å². The lowest BCUT2D eigenvalue weighted by molar-refractivity contribution is -0.111. The van der Waals surface area contributed by atoms with Crippen LogP contribution in [0.2, 0.25) is 0 Å². The number of hydrogen-bond donors (Lipinski definition) is 1. The van der Waals surface area contributed by atoms with Crippen molar-refractivity contribution in [2.75, 3.05) is 19.0 Å². The Kier molecular flexibility index (Phi) is 6.77. The monoisotopic (exact) mass is 496 g/mol. The minimum atomic E-state index is -0.292. The smallest absolute Gasteiger partial charge is 0.258 e. The lowest BCUT2D eigenvalue weighted by atomic mass is 10.0. The first-order chi connectivity index (χ1) is 17.6. The molecule has 2 heterocycles. The highest BCUT2D eigenvalue weighted by molar-refractivity contribution is 7.15. The van der Waals surface area contributed by atoms with Gasteiger partial charge in [-0.05, 0) is 60.5 Å². The number of fused-ring (bicyclic) bond motifs is 1. The highest BCUT2D eigenvalue weighted by atomic mass is 32.1. The van der Waals surface area contributed by atoms with Gasteiger partial charge in [-0.3, -0.25) is 10.1 Å². The molecule has 0 spiro atoms. The molecule has 8 heteroatoms. The van der Waals surface area contributed by atoms with Gasteiger partial charge in [0, 0.05) is 16.5 Å². The molecule has 1 N–H and O–H groups in total. The first-order valence-electron chi connectivity index (χ1n) is 11.4. The summed E-state index contributed by atoms with van der Waals surface area (Å²) in [5.74, 6) is 1.52. The van der Waals surface area contributed by atoms with E-state index in [1.807, 2.05) is 97.2 Å². The van der Waals surface area contributed by atoms with Gasteiger partial charge in [-0.2, -0.15) is 4.98 Å². The van der Waals surface area contributed by atoms with E-state index in [4.69, 9.17) is 9.47 Å². The number of benzene rings is 3. The Balaban J connectivity index is 1.43. The lowest BCUT2D eigenvalue weighted by Gasteiger charge is -2.08. The summed E-state index contributed by atoms with van der Waals surface area (Å²) >= 11 is 1.46. The van der Waals surface area contributed by atoms with E-state index in [-0.39, 0.29) is 11.9 Å². The third kappa shape index (κ3) is 4.99. The van der Waals surface area contributed by atoms with E-state index < -0.39 is 0 Å². The molecule has 5 rings (SSSR count). The molecular formula is C28H24N4O3S. The summed E-state index contributed by atoms with van der Waals surface area (Å²) in [6, 6.07) is 24.9. The van der Waals surface area contributed by atoms with Crippen LogP contribution in [0.3, 0.4) is 0 Å². The van der Waals surface area contributed by atoms with Crippen LogP contribution in [0.15, 0.2) is 84.2 Å². The van der Waals surface area contributed by atoms with Crippen LogP contribution in [-0.2, 0) is 4.79 Å². The molecule has 2 aromatic heterocycles. The fourth-order valence-electron chi connectivity index (χ4n) is 3.75. The van der Waals surface area contributed by atoms with E-state index in [2.05, 4.69) is 15.4 Å². The summed E-state index contributed by atoms with van der Waals surface area (Å²) < 4.78 is 12.5. The van der Waals surface area contributed by atoms with Crippen LogP contribution < -0.4 is 14.8 Å². The number of rotatable bonds is 8. The third-order valence-electron chi connectivity index (χ3n) is 5.52. The van der Waals surface area contributed by atoms with Gasteiger partial charge in [0.2, 0.25) is 4.96 Å². The molecule has 1 amide bonds. The summed E-state index contributed by atoms with van der Waals surface area (Å²) in [6.07, 6.45) is 1.85. The Morgan fingerprint density at radius 2 is 1.72 bits per heavy atom. The average Bonchev–Trinajstić information content (AvgIpc) is 3.49. The zero-order chi connectivity index (χ0) is 24.9. The van der Waals surface area contributed by atoms with Crippen LogP contribution in [0.1, 0.15) is 18.1 Å². The first kappa shape index (κ1) is 23.3. The first-order valence-corrected chi connectivity index (χ1v) is 12.3. The topological polar surface area (TPSA) is 77.8 Å². The molecular weight excluding hydrogens is 472 g/mol. The highest BCUT2D eigenvalue weighted by Crippen LogP contribution is 2.28. The summed E-state index contributed by atoms with van der Waals surface area (Å²) in [5.41, 5.74) is 4.05. The van der Waals surface area contributed by atoms with Gasteiger partial charge in [0.1, 0.15) is 11.5 Å². The molecule has 0 unspecified atom stereocenters. The van der Waals surface area contributed by atoms with Crippen LogP contribution in [0.25, 0.3) is 27.9 Å². The van der Waals surface area contributed by atoms with E-state index >= 15 is 0 Å². The second kappa shape index (κ2) is 10.5. The van der Waals surface area contributed by atoms with E-state index in [0.29, 0.717) is 17.1 Å². The molecule has 0 fully saturated rings. The average molecular weight is 497 g/mol. The largest absolute Gasteiger partial charge is 0.497 e. The van der Waals surface area contributed by atoms with Crippen molar-refractivity contribution in [2.24, 2.45) is 0 Å². The SMILES string of the molecule is CCOc1ccc(/C=C(/C(=O)Nc2nc3scc(-c4ccc(OC)cc4)n3n2)c2ccccc2)cc1. The maximum atomic E-state index is 13.4. The molecule has 5 aromatic rings. The van der Waals surface area contributed by atoms with Crippen molar-refractivity contribution >= 4 is 39.8 Å². The maximum absolute atomic E-state index is 13.4. The Morgan fingerprint density at radius 1 is 1.00 bits per heavy atom. The van der Waals surface area contributed by atoms with Crippen LogP contribution in [-0.4, -0.2) is 34.2 Å². The number of carbonyl (C=O) groups is 1. The predicted molar refractivity (Wildman–Crippen MR) is 143 cm³/mol. The van der Waals surface area contributed by atoms with E-state index in [1.165, 1.54) is 11.3 Å². The molecule has 0 radical (unpaired) electrons. The number of thiazole rings is 1. The van der Waals surface area contributed by atoms with Crippen molar-refractivity contribution < 1.29 is 14.3 Å². The minimum absolute atomic E-state index is 0.245. The quantitative estimate of drug-likeness (QED) is 0.209. The Hall–Kier alpha value is -4.43. The molecule has 180 valence electrons. The molecule has 3 aromatic carbocycles. The van der Waals surface area contributed by atoms with Gasteiger partial charge in [-0.1, -0.05) is 42.5 Å². The molecule has 0 aliphatic rings. The number of aromatic nitrogens is 3. The van der Waals surface area contributed by atoms with Crippen LogP contribution >= 0.6 is 11.3 Å². The van der Waals surface area contributed by atoms with E-state index in [9.17, 15) is 4.79 Å². The standard InChI is InChI=1S/C28H24N4O3S/c1-3-35-23-13-9-19(10-14-23)17-24(20-7-5-4-6-8-20)26(33)29-27-30-28-32(31-27)25(18-36-28)21-11-15-22(34-2)16-12-21/h4-18H,3H2,1-2H3,(H,29,31,33)/b24-17+. The van der Waals surface area contributed by atoms with Crippen molar-refractivity contribution in [3.8, 4) is 22.8 Å². The van der Waals surface area contributed by atoms with Crippen LogP contribution in [0.5, 0.6) is 11.5 Å². The second-order valence-electron chi connectivity index (χ2n) is 7.86. The number of nitrogens with zero attached hydrogens (tertiary/aromatic N) is 3. The number of ether oxygens (including phenoxy) is 2. The number of amides is 1. The molecule has 36 heavy (non-hydrogen) atoms. The summed E-state index contributed by atoms with van der Waals surface area (Å²) in [7, 11) is 1.64. The van der Waals surface area contributed by atoms with Gasteiger partial charge in [0.15, 0.2) is 0 Å². The van der Waals surface area contributed by atoms with Gasteiger partial charge >= 0.3 is 0 Å². The number of nitrogens with one attached hydrogen (secondary N) is 1. The van der Waals surface area contributed by atoms with Crippen LogP contribution in [0.4, 0.5) is 5.95 Å². The van der Waals surface area contributed by atoms with Crippen molar-refractivity contribution in [1.82, 2.24) is 14.6 Å². The van der Waals surface area contributed by atoms with E-state index in [1.54, 1.807) is 11.6 Å². The molecule has 0 atom stereocenters. The predicted octanol–water partition coefficient (Wildman–Crippen LogP) is 6.04. The van der Waals surface area contributed by atoms with Gasteiger partial charge in [-0.25, -0.2) is 4.52 Å². The summed E-state index contributed by atoms with van der Waals surface area (Å²) in [5, 5.41) is 9.42. The molecule has 0 saturated carbocycles. The van der Waals surface area contributed by atoms with Crippen molar-refractivity contribution in [3.05, 3.63) is 95.4 Å². The second-order valence-corrected chi connectivity index (χ2v) is 8.70. The normalized spacial score (nSPS) is 11.4. The fraction of sp³-hybridized carbons (Fsp3) is 0.107. The molecule has 0 bridgehead atoms. The van der Waals surface area contributed by atoms with Crippen molar-refractivity contribution in [1.29, 1.82) is 0 Å². The minimum Gasteiger partial charge on any atom is -0.497 e. The van der Waals surface area contributed by atoms with Gasteiger partial charge in [0.05, 0.1) is 19.4 Å². The molecule has 0 aliphatic carbocycles. The Bertz CT molecular complexity index is 1500. The van der Waals surface area contributed by atoms with E-state index in [0.717, 1.165) is 33.9 Å². The lowest BCUT2D eigenvalue weighted by Crippen LogP contribution is -2.15. The zero-order valence-electron chi connectivity index (χ0n) is 19.8. The van der Waals surface area contributed by atoms with Gasteiger partial charge in [0.25, 0.3) is 11.9 Å². The van der Waals surface area contributed by atoms with Crippen molar-refractivity contribution in [2.45, 2.75) is 6.92 Å². The number of methoxy groups -OCH3 is 1. The number of anilines is 1. The number of hydrogen-bond acceptors (Lipinski definition) is 6. The van der Waals surface area contributed by atoms with Gasteiger partial charge < -0.3 is 9.47 Å². The Morgan fingerprint density at radius 3 is 2.42 bits per heavy atom. The summed E-state index contributed by atoms with van der Waals surface area (Å²) in [6.45, 7) is 2.54. The fourth-order valence-corrected chi connectivity index (χ4v) is 4.59. The molecule has 0 aliphatic heterocycles. The zero-order valence-corrected chi connectivity index (χ0v) is 20.7. The third-order valence-corrected chi connectivity index (χ3v) is 6.34. The Labute approximate surface area is 212 Å². The molecule has 0 saturated heterocycles. The van der Waals surface area contributed by atoms with Crippen molar-refractivity contribution in [3.63, 3.8) is 0 Å².